The molecule has 0 radical (unpaired) electrons. The number of hydrogen-bond donors (Lipinski definition) is 2. The van der Waals surface area contributed by atoms with Gasteiger partial charge in [0, 0.05) is 19.3 Å². The first-order valence-corrected chi connectivity index (χ1v) is 32.7. The molecule has 0 bridgehead atoms. The molecule has 0 rings (SSSR count). The molecule has 74 heavy (non-hydrogen) atoms. The number of phosphoric ester groups is 1. The molecule has 0 fully saturated rings. The molecule has 3 unspecified atom stereocenters. The van der Waals surface area contributed by atoms with Gasteiger partial charge in [0.15, 0.2) is 6.10 Å². The lowest BCUT2D eigenvalue weighted by atomic mass is 10.0. The van der Waals surface area contributed by atoms with E-state index >= 15 is 0 Å². The van der Waals surface area contributed by atoms with Crippen molar-refractivity contribution in [2.24, 2.45) is 0 Å². The van der Waals surface area contributed by atoms with Crippen LogP contribution in [0.25, 0.3) is 0 Å². The van der Waals surface area contributed by atoms with Crippen LogP contribution < -0.4 is 0 Å². The molecule has 436 valence electrons. The number of phosphoric acid groups is 1. The van der Waals surface area contributed by atoms with Crippen LogP contribution in [0.2, 0.25) is 0 Å². The van der Waals surface area contributed by atoms with Crippen LogP contribution in [0.1, 0.15) is 316 Å². The summed E-state index contributed by atoms with van der Waals surface area (Å²) >= 11 is 0. The highest BCUT2D eigenvalue weighted by atomic mass is 31.2. The molecule has 0 saturated heterocycles. The lowest BCUT2D eigenvalue weighted by Gasteiger charge is -2.21. The number of rotatable bonds is 59. The van der Waals surface area contributed by atoms with Crippen molar-refractivity contribution in [2.75, 3.05) is 26.4 Å². The highest BCUT2D eigenvalue weighted by Gasteiger charge is 2.28. The van der Waals surface area contributed by atoms with E-state index in [0.717, 1.165) is 77.0 Å². The zero-order chi connectivity index (χ0) is 54.1. The molecule has 12 heteroatoms. The van der Waals surface area contributed by atoms with E-state index < -0.39 is 57.8 Å². The van der Waals surface area contributed by atoms with Crippen LogP contribution >= 0.6 is 7.82 Å². The van der Waals surface area contributed by atoms with Crippen molar-refractivity contribution in [1.82, 2.24) is 0 Å². The van der Waals surface area contributed by atoms with E-state index in [4.69, 9.17) is 23.3 Å². The van der Waals surface area contributed by atoms with Crippen molar-refractivity contribution >= 4 is 25.7 Å². The van der Waals surface area contributed by atoms with Gasteiger partial charge in [-0.15, -0.1) is 0 Å². The molecule has 0 aliphatic rings. The number of hydrogen-bond acceptors (Lipinski definition) is 10. The number of aliphatic hydroxyl groups is 1. The summed E-state index contributed by atoms with van der Waals surface area (Å²) in [4.78, 5) is 48.6. The van der Waals surface area contributed by atoms with Gasteiger partial charge in [-0.1, -0.05) is 251 Å². The third-order valence-corrected chi connectivity index (χ3v) is 14.8. The van der Waals surface area contributed by atoms with E-state index in [1.807, 2.05) is 0 Å². The van der Waals surface area contributed by atoms with Gasteiger partial charge < -0.3 is 24.2 Å². The van der Waals surface area contributed by atoms with Gasteiger partial charge in [-0.3, -0.25) is 23.4 Å². The topological polar surface area (TPSA) is 155 Å². The minimum atomic E-state index is -4.74. The Hall–Kier alpha value is -2.04. The summed E-state index contributed by atoms with van der Waals surface area (Å²) in [5, 5.41) is 9.83. The Balaban J connectivity index is 4.66. The van der Waals surface area contributed by atoms with Crippen LogP contribution in [0.3, 0.4) is 0 Å². The fourth-order valence-electron chi connectivity index (χ4n) is 9.05. The van der Waals surface area contributed by atoms with Gasteiger partial charge in [-0.05, 0) is 70.6 Å². The fourth-order valence-corrected chi connectivity index (χ4v) is 9.84. The predicted octanol–water partition coefficient (Wildman–Crippen LogP) is 18.6. The van der Waals surface area contributed by atoms with E-state index in [1.54, 1.807) is 0 Å². The number of aliphatic hydroxyl groups excluding tert-OH is 1. The average molecular weight is 1070 g/mol. The van der Waals surface area contributed by atoms with Crippen molar-refractivity contribution in [1.29, 1.82) is 0 Å². The lowest BCUT2D eigenvalue weighted by Crippen LogP contribution is -2.30. The molecule has 0 saturated carbocycles. The zero-order valence-electron chi connectivity index (χ0n) is 48.3. The third kappa shape index (κ3) is 54.7. The summed E-state index contributed by atoms with van der Waals surface area (Å²) in [6.45, 7) is 4.69. The van der Waals surface area contributed by atoms with Gasteiger partial charge in [0.1, 0.15) is 12.7 Å². The first-order chi connectivity index (χ1) is 36.2. The summed E-state index contributed by atoms with van der Waals surface area (Å²) in [7, 11) is -4.74. The number of esters is 3. The SMILES string of the molecule is CCCCCCCC/C=C\CCCCCCCCCCCC(=O)OC(COC(=O)CCCCCCCCCCCCCCC)COP(=O)(O)OCC(CO)OC(=O)CCCCCCC/C=C\CCCCCCCC. The highest BCUT2D eigenvalue weighted by Crippen LogP contribution is 2.43. The van der Waals surface area contributed by atoms with Gasteiger partial charge in [-0.25, -0.2) is 4.57 Å². The maximum Gasteiger partial charge on any atom is 0.472 e. The largest absolute Gasteiger partial charge is 0.472 e. The Kier molecular flexibility index (Phi) is 55.6. The summed E-state index contributed by atoms with van der Waals surface area (Å²) in [6.07, 6.45) is 58.4. The molecule has 0 amide bonds. The Morgan fingerprint density at radius 3 is 0.932 bits per heavy atom. The Bertz CT molecular complexity index is 1340. The third-order valence-electron chi connectivity index (χ3n) is 13.8. The summed E-state index contributed by atoms with van der Waals surface area (Å²) in [5.74, 6) is -1.45. The number of carbonyl (C=O) groups excluding carboxylic acids is 3. The van der Waals surface area contributed by atoms with Crippen LogP contribution in [0, 0.1) is 0 Å². The van der Waals surface area contributed by atoms with Crippen LogP contribution in [0.4, 0.5) is 0 Å². The molecule has 11 nitrogen and oxygen atoms in total. The van der Waals surface area contributed by atoms with E-state index in [-0.39, 0.29) is 25.9 Å². The standard InChI is InChI=1S/C62H117O11P/c1-4-7-10-13-16-19-22-25-27-28-29-30-32-35-38-41-44-47-50-53-62(66)73-59(55-69-60(64)51-48-45-42-39-36-33-24-21-18-15-12-9-6-3)57-71-74(67,68)70-56-58(54-63)72-61(65)52-49-46-43-40-37-34-31-26-23-20-17-14-11-8-5-2/h25-27,31,58-59,63H,4-24,28-30,32-57H2,1-3H3,(H,67,68)/b27-25-,31-26-. The smallest absolute Gasteiger partial charge is 0.462 e. The van der Waals surface area contributed by atoms with Crippen LogP contribution in [0.5, 0.6) is 0 Å². The van der Waals surface area contributed by atoms with E-state index in [2.05, 4.69) is 45.1 Å². The maximum absolute atomic E-state index is 12.9. The number of ether oxygens (including phenoxy) is 3. The Labute approximate surface area is 455 Å². The summed E-state index contributed by atoms with van der Waals surface area (Å²) in [5.41, 5.74) is 0. The molecule has 0 aliphatic carbocycles. The quantitative estimate of drug-likeness (QED) is 0.0197. The maximum atomic E-state index is 12.9. The Morgan fingerprint density at radius 1 is 0.365 bits per heavy atom. The molecular weight excluding hydrogens is 952 g/mol. The molecule has 0 aromatic carbocycles. The molecule has 3 atom stereocenters. The normalized spacial score (nSPS) is 13.4. The summed E-state index contributed by atoms with van der Waals surface area (Å²) in [6, 6.07) is 0. The second kappa shape index (κ2) is 57.1. The van der Waals surface area contributed by atoms with Crippen molar-refractivity contribution < 1.29 is 52.2 Å². The zero-order valence-corrected chi connectivity index (χ0v) is 49.2. The minimum absolute atomic E-state index is 0.170. The first-order valence-electron chi connectivity index (χ1n) is 31.2. The lowest BCUT2D eigenvalue weighted by molar-refractivity contribution is -0.161. The van der Waals surface area contributed by atoms with E-state index in [1.165, 1.54) is 180 Å². The van der Waals surface area contributed by atoms with Crippen LogP contribution in [0.15, 0.2) is 24.3 Å². The summed E-state index contributed by atoms with van der Waals surface area (Å²) < 4.78 is 39.6. The molecule has 0 aromatic heterocycles. The molecule has 0 heterocycles. The predicted molar refractivity (Wildman–Crippen MR) is 307 cm³/mol. The molecule has 0 spiro atoms. The van der Waals surface area contributed by atoms with Gasteiger partial charge in [0.25, 0.3) is 0 Å². The minimum Gasteiger partial charge on any atom is -0.462 e. The second-order valence-electron chi connectivity index (χ2n) is 21.2. The van der Waals surface area contributed by atoms with Crippen LogP contribution in [-0.2, 0) is 42.2 Å². The molecule has 0 aliphatic heterocycles. The molecule has 2 N–H and O–H groups in total. The van der Waals surface area contributed by atoms with Crippen molar-refractivity contribution in [3.8, 4) is 0 Å². The highest BCUT2D eigenvalue weighted by molar-refractivity contribution is 7.47. The first kappa shape index (κ1) is 72.0. The van der Waals surface area contributed by atoms with Crippen molar-refractivity contribution in [3.05, 3.63) is 24.3 Å². The average Bonchev–Trinajstić information content (AvgIpc) is 3.39. The van der Waals surface area contributed by atoms with E-state index in [0.29, 0.717) is 19.3 Å². The van der Waals surface area contributed by atoms with Crippen LogP contribution in [-0.4, -0.2) is 66.5 Å². The van der Waals surface area contributed by atoms with Crippen molar-refractivity contribution in [3.63, 3.8) is 0 Å². The Morgan fingerprint density at radius 2 is 0.622 bits per heavy atom. The monoisotopic (exact) mass is 1070 g/mol. The van der Waals surface area contributed by atoms with Gasteiger partial charge in [0.05, 0.1) is 19.8 Å². The van der Waals surface area contributed by atoms with Crippen molar-refractivity contribution in [2.45, 2.75) is 328 Å². The van der Waals surface area contributed by atoms with Gasteiger partial charge >= 0.3 is 25.7 Å². The molecular formula is C62H117O11P. The van der Waals surface area contributed by atoms with E-state index in [9.17, 15) is 28.9 Å². The number of allylic oxidation sites excluding steroid dienone is 4. The second-order valence-corrected chi connectivity index (χ2v) is 22.7. The number of unbranched alkanes of at least 4 members (excludes halogenated alkanes) is 38. The fraction of sp³-hybridized carbons (Fsp3) is 0.887. The molecule has 0 aromatic rings. The van der Waals surface area contributed by atoms with Gasteiger partial charge in [-0.2, -0.15) is 0 Å². The van der Waals surface area contributed by atoms with Gasteiger partial charge in [0.2, 0.25) is 0 Å². The number of carbonyl (C=O) groups is 3.